The molecule has 1 heterocycles. The maximum Gasteiger partial charge on any atom is 0.231 e. The Morgan fingerprint density at radius 2 is 2.39 bits per heavy atom. The van der Waals surface area contributed by atoms with E-state index in [-0.39, 0.29) is 17.4 Å². The SMILES string of the molecule is COCC1(C(=O)N(C)C(C)c2nccs2)CCC1. The minimum atomic E-state index is -0.283. The van der Waals surface area contributed by atoms with Gasteiger partial charge in [-0.2, -0.15) is 0 Å². The minimum Gasteiger partial charge on any atom is -0.384 e. The number of carbonyl (C=O) groups excluding carboxylic acids is 1. The first-order valence-corrected chi connectivity index (χ1v) is 7.14. The molecule has 1 aromatic rings. The summed E-state index contributed by atoms with van der Waals surface area (Å²) in [5.74, 6) is 0.193. The summed E-state index contributed by atoms with van der Waals surface area (Å²) in [5.41, 5.74) is -0.283. The second kappa shape index (κ2) is 5.36. The minimum absolute atomic E-state index is 0.0341. The topological polar surface area (TPSA) is 42.4 Å². The predicted octanol–water partition coefficient (Wildman–Crippen LogP) is 2.48. The molecule has 1 fully saturated rings. The van der Waals surface area contributed by atoms with Gasteiger partial charge in [0.25, 0.3) is 0 Å². The highest BCUT2D eigenvalue weighted by Gasteiger charge is 2.46. The molecule has 0 N–H and O–H groups in total. The van der Waals surface area contributed by atoms with Crippen LogP contribution in [0.25, 0.3) is 0 Å². The van der Waals surface area contributed by atoms with Crippen molar-refractivity contribution in [2.75, 3.05) is 20.8 Å². The van der Waals surface area contributed by atoms with Gasteiger partial charge in [0, 0.05) is 25.7 Å². The fourth-order valence-corrected chi connectivity index (χ4v) is 3.19. The Balaban J connectivity index is 2.08. The van der Waals surface area contributed by atoms with Crippen molar-refractivity contribution in [3.63, 3.8) is 0 Å². The van der Waals surface area contributed by atoms with E-state index in [4.69, 9.17) is 4.74 Å². The summed E-state index contributed by atoms with van der Waals surface area (Å²) >= 11 is 1.59. The summed E-state index contributed by atoms with van der Waals surface area (Å²) < 4.78 is 5.23. The molecule has 0 saturated heterocycles. The number of hydrogen-bond donors (Lipinski definition) is 0. The Morgan fingerprint density at radius 1 is 1.67 bits per heavy atom. The van der Waals surface area contributed by atoms with Crippen molar-refractivity contribution in [3.8, 4) is 0 Å². The van der Waals surface area contributed by atoms with Crippen molar-refractivity contribution >= 4 is 17.2 Å². The van der Waals surface area contributed by atoms with Crippen molar-refractivity contribution in [2.45, 2.75) is 32.2 Å². The molecule has 1 atom stereocenters. The second-order valence-corrected chi connectivity index (χ2v) is 5.96. The van der Waals surface area contributed by atoms with Crippen molar-refractivity contribution < 1.29 is 9.53 Å². The molecule has 1 aliphatic carbocycles. The molecular formula is C13H20N2O2S. The molecule has 0 aliphatic heterocycles. The first-order chi connectivity index (χ1) is 8.60. The molecule has 1 unspecified atom stereocenters. The molecule has 0 radical (unpaired) electrons. The van der Waals surface area contributed by atoms with Gasteiger partial charge in [-0.25, -0.2) is 4.98 Å². The molecule has 0 bridgehead atoms. The molecule has 1 amide bonds. The van der Waals surface area contributed by atoms with Gasteiger partial charge in [0.2, 0.25) is 5.91 Å². The van der Waals surface area contributed by atoms with Gasteiger partial charge in [-0.05, 0) is 19.8 Å². The fraction of sp³-hybridized carbons (Fsp3) is 0.692. The van der Waals surface area contributed by atoms with Gasteiger partial charge < -0.3 is 9.64 Å². The second-order valence-electron chi connectivity index (χ2n) is 5.03. The number of ether oxygens (including phenoxy) is 1. The number of hydrogen-bond acceptors (Lipinski definition) is 4. The molecule has 0 spiro atoms. The smallest absolute Gasteiger partial charge is 0.231 e. The van der Waals surface area contributed by atoms with Crippen LogP contribution in [0, 0.1) is 5.41 Å². The number of nitrogens with zero attached hydrogens (tertiary/aromatic N) is 2. The number of amides is 1. The summed E-state index contributed by atoms with van der Waals surface area (Å²) in [4.78, 5) is 18.7. The van der Waals surface area contributed by atoms with Gasteiger partial charge in [-0.3, -0.25) is 4.79 Å². The van der Waals surface area contributed by atoms with Crippen LogP contribution >= 0.6 is 11.3 Å². The van der Waals surface area contributed by atoms with Crippen LogP contribution in [0.3, 0.4) is 0 Å². The fourth-order valence-electron chi connectivity index (χ4n) is 2.46. The van der Waals surface area contributed by atoms with Gasteiger partial charge in [0.15, 0.2) is 0 Å². The average Bonchev–Trinajstić information content (AvgIpc) is 2.84. The Morgan fingerprint density at radius 3 is 2.83 bits per heavy atom. The number of carbonyl (C=O) groups is 1. The van der Waals surface area contributed by atoms with E-state index >= 15 is 0 Å². The van der Waals surface area contributed by atoms with Crippen molar-refractivity contribution in [1.82, 2.24) is 9.88 Å². The van der Waals surface area contributed by atoms with E-state index in [0.29, 0.717) is 6.61 Å². The maximum atomic E-state index is 12.6. The number of rotatable bonds is 5. The molecule has 0 aromatic carbocycles. The van der Waals surface area contributed by atoms with E-state index in [1.54, 1.807) is 24.6 Å². The van der Waals surface area contributed by atoms with Crippen LogP contribution in [0.4, 0.5) is 0 Å². The van der Waals surface area contributed by atoms with Crippen molar-refractivity contribution in [1.29, 1.82) is 0 Å². The Bertz CT molecular complexity index is 401. The largest absolute Gasteiger partial charge is 0.384 e. The zero-order valence-electron chi connectivity index (χ0n) is 11.2. The molecule has 1 aromatic heterocycles. The number of methoxy groups -OCH3 is 1. The summed E-state index contributed by atoms with van der Waals surface area (Å²) in [6, 6.07) is 0.0341. The third-order valence-corrected chi connectivity index (χ3v) is 4.84. The van der Waals surface area contributed by atoms with E-state index in [9.17, 15) is 4.79 Å². The lowest BCUT2D eigenvalue weighted by Gasteiger charge is -2.43. The summed E-state index contributed by atoms with van der Waals surface area (Å²) in [6.07, 6.45) is 4.78. The standard InChI is InChI=1S/C13H20N2O2S/c1-10(11-14-7-8-18-11)15(2)12(16)13(9-17-3)5-4-6-13/h7-8,10H,4-6,9H2,1-3H3. The van der Waals surface area contributed by atoms with Crippen LogP contribution < -0.4 is 0 Å². The monoisotopic (exact) mass is 268 g/mol. The summed E-state index contributed by atoms with van der Waals surface area (Å²) in [5, 5.41) is 2.93. The Kier molecular flexibility index (Phi) is 4.02. The molecule has 100 valence electrons. The van der Waals surface area contributed by atoms with Gasteiger partial charge >= 0.3 is 0 Å². The van der Waals surface area contributed by atoms with Crippen LogP contribution in [0.2, 0.25) is 0 Å². The van der Waals surface area contributed by atoms with E-state index in [0.717, 1.165) is 24.3 Å². The van der Waals surface area contributed by atoms with Gasteiger partial charge in [-0.15, -0.1) is 11.3 Å². The lowest BCUT2D eigenvalue weighted by atomic mass is 9.68. The molecule has 5 heteroatoms. The van der Waals surface area contributed by atoms with Crippen molar-refractivity contribution in [2.24, 2.45) is 5.41 Å². The Labute approximate surface area is 112 Å². The van der Waals surface area contributed by atoms with E-state index in [1.807, 2.05) is 24.3 Å². The lowest BCUT2D eigenvalue weighted by Crippen LogP contribution is -2.49. The highest BCUT2D eigenvalue weighted by Crippen LogP contribution is 2.43. The normalized spacial score (nSPS) is 19.1. The highest BCUT2D eigenvalue weighted by atomic mass is 32.1. The van der Waals surface area contributed by atoms with Crippen LogP contribution in [0.15, 0.2) is 11.6 Å². The van der Waals surface area contributed by atoms with Crippen LogP contribution in [-0.4, -0.2) is 36.6 Å². The maximum absolute atomic E-state index is 12.6. The van der Waals surface area contributed by atoms with Gasteiger partial charge in [0.1, 0.15) is 5.01 Å². The van der Waals surface area contributed by atoms with E-state index in [2.05, 4.69) is 4.98 Å². The van der Waals surface area contributed by atoms with Crippen LogP contribution in [0.5, 0.6) is 0 Å². The molecule has 4 nitrogen and oxygen atoms in total. The lowest BCUT2D eigenvalue weighted by molar-refractivity contribution is -0.152. The number of aromatic nitrogens is 1. The van der Waals surface area contributed by atoms with E-state index < -0.39 is 0 Å². The van der Waals surface area contributed by atoms with Crippen LogP contribution in [0.1, 0.15) is 37.2 Å². The molecule has 1 saturated carbocycles. The third-order valence-electron chi connectivity index (χ3n) is 3.90. The first kappa shape index (κ1) is 13.5. The quantitative estimate of drug-likeness (QED) is 0.824. The van der Waals surface area contributed by atoms with E-state index in [1.165, 1.54) is 0 Å². The summed E-state index contributed by atoms with van der Waals surface area (Å²) in [6.45, 7) is 2.55. The van der Waals surface area contributed by atoms with Gasteiger partial charge in [0.05, 0.1) is 18.1 Å². The summed E-state index contributed by atoms with van der Waals surface area (Å²) in [7, 11) is 3.53. The molecule has 1 aliphatic rings. The zero-order valence-corrected chi connectivity index (χ0v) is 12.0. The van der Waals surface area contributed by atoms with Crippen molar-refractivity contribution in [3.05, 3.63) is 16.6 Å². The first-order valence-electron chi connectivity index (χ1n) is 6.26. The number of thiazole rings is 1. The van der Waals surface area contributed by atoms with Gasteiger partial charge in [-0.1, -0.05) is 6.42 Å². The molecule has 2 rings (SSSR count). The van der Waals surface area contributed by atoms with Crippen LogP contribution in [-0.2, 0) is 9.53 Å². The molecular weight excluding hydrogens is 248 g/mol. The predicted molar refractivity (Wildman–Crippen MR) is 71.5 cm³/mol. The molecule has 18 heavy (non-hydrogen) atoms. The zero-order chi connectivity index (χ0) is 13.2. The third kappa shape index (κ3) is 2.29. The highest BCUT2D eigenvalue weighted by molar-refractivity contribution is 7.09. The Hall–Kier alpha value is -0.940. The average molecular weight is 268 g/mol.